The topological polar surface area (TPSA) is 62.8 Å². The lowest BCUT2D eigenvalue weighted by molar-refractivity contribution is 0.533. The third-order valence-electron chi connectivity index (χ3n) is 4.92. The van der Waals surface area contributed by atoms with E-state index in [1.54, 1.807) is 12.3 Å². The molecule has 1 aromatic carbocycles. The molecule has 4 heterocycles. The van der Waals surface area contributed by atoms with Crippen LogP contribution in [0.25, 0.3) is 27.9 Å². The van der Waals surface area contributed by atoms with Crippen molar-refractivity contribution in [3.05, 3.63) is 64.2 Å². The minimum atomic E-state index is -0.359. The van der Waals surface area contributed by atoms with Gasteiger partial charge in [0, 0.05) is 44.3 Å². The molecule has 0 spiro atoms. The minimum Gasteiger partial charge on any atom is -0.421 e. The van der Waals surface area contributed by atoms with Gasteiger partial charge in [0.05, 0.1) is 10.4 Å². The second-order valence-corrected chi connectivity index (χ2v) is 7.03. The number of nitrogens with zero attached hydrogens (tertiary/aromatic N) is 3. The average molecular weight is 381 g/mol. The largest absolute Gasteiger partial charge is 0.421 e. The normalized spacial score (nSPS) is 14.9. The Balaban J connectivity index is 1.60. The van der Waals surface area contributed by atoms with Crippen LogP contribution >= 0.6 is 11.6 Å². The van der Waals surface area contributed by atoms with Gasteiger partial charge in [-0.15, -0.1) is 0 Å². The number of piperazine rings is 1. The van der Waals surface area contributed by atoms with E-state index < -0.39 is 0 Å². The number of imidazole rings is 1. The lowest BCUT2D eigenvalue weighted by Gasteiger charge is -2.29. The number of pyridine rings is 1. The molecule has 1 aliphatic heterocycles. The van der Waals surface area contributed by atoms with Crippen molar-refractivity contribution in [3.8, 4) is 11.5 Å². The summed E-state index contributed by atoms with van der Waals surface area (Å²) in [5, 5.41) is 5.30. The predicted molar refractivity (Wildman–Crippen MR) is 107 cm³/mol. The summed E-state index contributed by atoms with van der Waals surface area (Å²) in [5.41, 5.74) is 1.89. The number of halogens is 1. The van der Waals surface area contributed by atoms with Crippen LogP contribution in [0.5, 0.6) is 0 Å². The molecule has 4 aromatic rings. The maximum absolute atomic E-state index is 12.6. The molecule has 0 bridgehead atoms. The van der Waals surface area contributed by atoms with Gasteiger partial charge in [-0.2, -0.15) is 0 Å². The summed E-state index contributed by atoms with van der Waals surface area (Å²) >= 11 is 6.19. The summed E-state index contributed by atoms with van der Waals surface area (Å²) in [6, 6.07) is 11.4. The monoisotopic (exact) mass is 380 g/mol. The van der Waals surface area contributed by atoms with Crippen molar-refractivity contribution in [2.45, 2.75) is 0 Å². The van der Waals surface area contributed by atoms with Crippen LogP contribution < -0.4 is 15.8 Å². The van der Waals surface area contributed by atoms with Gasteiger partial charge < -0.3 is 19.0 Å². The quantitative estimate of drug-likeness (QED) is 0.578. The molecule has 0 atom stereocenters. The van der Waals surface area contributed by atoms with Gasteiger partial charge in [0.25, 0.3) is 0 Å². The fraction of sp³-hybridized carbons (Fsp3) is 0.200. The Bertz CT molecular complexity index is 1210. The minimum absolute atomic E-state index is 0.359. The SMILES string of the molecule is O=c1oc(-c2cn3cccc(Cl)c3n2)cc2ccc(N3CCNCC3)cc12. The molecule has 0 saturated carbocycles. The third kappa shape index (κ3) is 2.87. The second kappa shape index (κ2) is 6.40. The van der Waals surface area contributed by atoms with Crippen molar-refractivity contribution < 1.29 is 4.42 Å². The number of hydrogen-bond donors (Lipinski definition) is 1. The van der Waals surface area contributed by atoms with Crippen LogP contribution in [0.4, 0.5) is 5.69 Å². The van der Waals surface area contributed by atoms with Crippen LogP contribution in [0, 0.1) is 0 Å². The molecule has 1 aliphatic rings. The summed E-state index contributed by atoms with van der Waals surface area (Å²) in [4.78, 5) is 19.4. The van der Waals surface area contributed by atoms with Crippen molar-refractivity contribution in [1.29, 1.82) is 0 Å². The van der Waals surface area contributed by atoms with E-state index in [1.807, 2.05) is 34.9 Å². The fourth-order valence-corrected chi connectivity index (χ4v) is 3.73. The Morgan fingerprint density at radius 2 is 2.00 bits per heavy atom. The Labute approximate surface area is 160 Å². The Hall–Kier alpha value is -2.83. The maximum atomic E-state index is 12.6. The summed E-state index contributed by atoms with van der Waals surface area (Å²) < 4.78 is 7.40. The zero-order chi connectivity index (χ0) is 18.4. The first-order chi connectivity index (χ1) is 13.2. The zero-order valence-electron chi connectivity index (χ0n) is 14.5. The summed E-state index contributed by atoms with van der Waals surface area (Å²) in [6.07, 6.45) is 3.66. The van der Waals surface area contributed by atoms with Crippen LogP contribution in [-0.2, 0) is 0 Å². The number of hydrogen-bond acceptors (Lipinski definition) is 5. The highest BCUT2D eigenvalue weighted by molar-refractivity contribution is 6.33. The molecular formula is C20H17ClN4O2. The maximum Gasteiger partial charge on any atom is 0.344 e. The van der Waals surface area contributed by atoms with Gasteiger partial charge in [-0.25, -0.2) is 9.78 Å². The van der Waals surface area contributed by atoms with Gasteiger partial charge in [-0.1, -0.05) is 17.7 Å². The fourth-order valence-electron chi connectivity index (χ4n) is 3.52. The van der Waals surface area contributed by atoms with Crippen molar-refractivity contribution in [2.24, 2.45) is 0 Å². The molecule has 0 aliphatic carbocycles. The van der Waals surface area contributed by atoms with Crippen LogP contribution in [-0.4, -0.2) is 35.6 Å². The number of benzene rings is 1. The Kier molecular flexibility index (Phi) is 3.88. The van der Waals surface area contributed by atoms with Gasteiger partial charge in [0.2, 0.25) is 0 Å². The lowest BCUT2D eigenvalue weighted by Crippen LogP contribution is -2.43. The number of fused-ring (bicyclic) bond motifs is 2. The van der Waals surface area contributed by atoms with Gasteiger partial charge in [0.1, 0.15) is 5.69 Å². The lowest BCUT2D eigenvalue weighted by atomic mass is 10.1. The molecule has 6 nitrogen and oxygen atoms in total. The first-order valence-electron chi connectivity index (χ1n) is 8.86. The highest BCUT2D eigenvalue weighted by atomic mass is 35.5. The van der Waals surface area contributed by atoms with Crippen LogP contribution in [0.1, 0.15) is 0 Å². The van der Waals surface area contributed by atoms with E-state index in [0.717, 1.165) is 37.3 Å². The van der Waals surface area contributed by atoms with Crippen LogP contribution in [0.2, 0.25) is 5.02 Å². The smallest absolute Gasteiger partial charge is 0.344 e. The van der Waals surface area contributed by atoms with E-state index in [9.17, 15) is 4.79 Å². The number of aromatic nitrogens is 2. The Morgan fingerprint density at radius 1 is 1.15 bits per heavy atom. The van der Waals surface area contributed by atoms with E-state index in [4.69, 9.17) is 16.0 Å². The third-order valence-corrected chi connectivity index (χ3v) is 5.21. The molecule has 7 heteroatoms. The highest BCUT2D eigenvalue weighted by Crippen LogP contribution is 2.26. The molecule has 3 aromatic heterocycles. The highest BCUT2D eigenvalue weighted by Gasteiger charge is 2.15. The first kappa shape index (κ1) is 16.4. The molecule has 27 heavy (non-hydrogen) atoms. The average Bonchev–Trinajstić information content (AvgIpc) is 3.14. The first-order valence-corrected chi connectivity index (χ1v) is 9.24. The Morgan fingerprint density at radius 3 is 2.81 bits per heavy atom. The van der Waals surface area contributed by atoms with Crippen LogP contribution in [0.15, 0.2) is 58.0 Å². The molecule has 0 amide bonds. The molecule has 5 rings (SSSR count). The van der Waals surface area contributed by atoms with E-state index >= 15 is 0 Å². The van der Waals surface area contributed by atoms with Crippen molar-refractivity contribution >= 4 is 33.7 Å². The van der Waals surface area contributed by atoms with Crippen molar-refractivity contribution in [2.75, 3.05) is 31.1 Å². The number of anilines is 1. The molecule has 136 valence electrons. The molecule has 1 saturated heterocycles. The number of rotatable bonds is 2. The standard InChI is InChI=1S/C20H17ClN4O2/c21-16-2-1-7-25-12-17(23-19(16)25)18-10-13-3-4-14(11-15(13)20(26)27-18)24-8-5-22-6-9-24/h1-4,7,10-12,22H,5-6,8-9H2. The molecular weight excluding hydrogens is 364 g/mol. The van der Waals surface area contributed by atoms with E-state index in [-0.39, 0.29) is 5.63 Å². The van der Waals surface area contributed by atoms with Gasteiger partial charge >= 0.3 is 5.63 Å². The molecule has 1 N–H and O–H groups in total. The number of nitrogens with one attached hydrogen (secondary N) is 1. The van der Waals surface area contributed by atoms with Crippen molar-refractivity contribution in [3.63, 3.8) is 0 Å². The second-order valence-electron chi connectivity index (χ2n) is 6.62. The van der Waals surface area contributed by atoms with E-state index in [2.05, 4.69) is 21.3 Å². The summed E-state index contributed by atoms with van der Waals surface area (Å²) in [5.74, 6) is 0.433. The molecule has 0 unspecified atom stereocenters. The van der Waals surface area contributed by atoms with Crippen LogP contribution in [0.3, 0.4) is 0 Å². The zero-order valence-corrected chi connectivity index (χ0v) is 15.2. The molecule has 0 radical (unpaired) electrons. The molecule has 1 fully saturated rings. The summed E-state index contributed by atoms with van der Waals surface area (Å²) in [6.45, 7) is 3.75. The van der Waals surface area contributed by atoms with Crippen molar-refractivity contribution in [1.82, 2.24) is 14.7 Å². The van der Waals surface area contributed by atoms with Gasteiger partial charge in [-0.3, -0.25) is 0 Å². The summed E-state index contributed by atoms with van der Waals surface area (Å²) in [7, 11) is 0. The van der Waals surface area contributed by atoms with Gasteiger partial charge in [0.15, 0.2) is 11.4 Å². The van der Waals surface area contributed by atoms with E-state index in [1.165, 1.54) is 0 Å². The van der Waals surface area contributed by atoms with Gasteiger partial charge in [-0.05, 0) is 35.7 Å². The predicted octanol–water partition coefficient (Wildman–Crippen LogP) is 3.17. The van der Waals surface area contributed by atoms with E-state index in [0.29, 0.717) is 27.5 Å².